The molecule has 82 heavy (non-hydrogen) atoms. The zero-order valence-electron chi connectivity index (χ0n) is 54.8. The van der Waals surface area contributed by atoms with Crippen LogP contribution in [0.1, 0.15) is 374 Å². The smallest absolute Gasteiger partial charge is 0.306 e. The van der Waals surface area contributed by atoms with Gasteiger partial charge in [0.2, 0.25) is 0 Å². The maximum atomic E-state index is 12.9. The van der Waals surface area contributed by atoms with Gasteiger partial charge in [-0.1, -0.05) is 338 Å². The van der Waals surface area contributed by atoms with Gasteiger partial charge in [0, 0.05) is 19.3 Å². The van der Waals surface area contributed by atoms with E-state index in [0.29, 0.717) is 19.3 Å². The zero-order chi connectivity index (χ0) is 59.2. The maximum Gasteiger partial charge on any atom is 0.306 e. The summed E-state index contributed by atoms with van der Waals surface area (Å²) < 4.78 is 17.0. The van der Waals surface area contributed by atoms with Crippen molar-refractivity contribution in [2.24, 2.45) is 0 Å². The van der Waals surface area contributed by atoms with E-state index < -0.39 is 6.10 Å². The summed E-state index contributed by atoms with van der Waals surface area (Å²) in [5, 5.41) is 0. The van der Waals surface area contributed by atoms with Gasteiger partial charge in [-0.05, 0) is 89.9 Å². The van der Waals surface area contributed by atoms with Crippen molar-refractivity contribution in [3.8, 4) is 0 Å². The van der Waals surface area contributed by atoms with Crippen molar-refractivity contribution >= 4 is 17.9 Å². The fourth-order valence-electron chi connectivity index (χ4n) is 10.6. The van der Waals surface area contributed by atoms with Crippen LogP contribution < -0.4 is 0 Å². The molecule has 476 valence electrons. The van der Waals surface area contributed by atoms with Crippen molar-refractivity contribution in [2.45, 2.75) is 380 Å². The first-order valence-electron chi connectivity index (χ1n) is 35.9. The lowest BCUT2D eigenvalue weighted by Crippen LogP contribution is -2.30. The number of hydrogen-bond acceptors (Lipinski definition) is 6. The molecule has 6 heteroatoms. The van der Waals surface area contributed by atoms with Gasteiger partial charge in [-0.15, -0.1) is 0 Å². The lowest BCUT2D eigenvalue weighted by atomic mass is 10.0. The van der Waals surface area contributed by atoms with Crippen LogP contribution in [0.4, 0.5) is 0 Å². The number of unbranched alkanes of at least 4 members (excludes halogenated alkanes) is 43. The molecule has 0 radical (unpaired) electrons. The number of carbonyl (C=O) groups excluding carboxylic acids is 3. The van der Waals surface area contributed by atoms with Gasteiger partial charge in [0.05, 0.1) is 0 Å². The average Bonchev–Trinajstić information content (AvgIpc) is 3.47. The van der Waals surface area contributed by atoms with E-state index in [0.717, 1.165) is 89.9 Å². The Morgan fingerprint density at radius 1 is 0.256 bits per heavy atom. The van der Waals surface area contributed by atoms with Gasteiger partial charge in [-0.2, -0.15) is 0 Å². The summed E-state index contributed by atoms with van der Waals surface area (Å²) in [6, 6.07) is 0. The molecule has 1 atom stereocenters. The minimum Gasteiger partial charge on any atom is -0.462 e. The summed E-state index contributed by atoms with van der Waals surface area (Å²) in [4.78, 5) is 38.5. The van der Waals surface area contributed by atoms with E-state index in [1.165, 1.54) is 244 Å². The van der Waals surface area contributed by atoms with E-state index in [2.05, 4.69) is 93.7 Å². The van der Waals surface area contributed by atoms with Crippen LogP contribution in [0.2, 0.25) is 0 Å². The standard InChI is InChI=1S/C76H136O6/c1-4-7-10-13-16-19-22-25-28-30-32-33-34-35-36-37-38-39-40-41-42-43-44-46-48-51-54-57-60-63-66-69-75(78)81-72-73(71-80-74(77)68-65-62-59-56-53-50-47-27-24-21-18-15-12-9-6-3)82-76(79)70-67-64-61-58-55-52-49-45-31-29-26-23-20-17-14-11-8-5-2/h7,10,16,19,25,28-29,31-33,35-36,73H,4-6,8-9,11-15,17-18,20-24,26-27,30,34,37-72H2,1-3H3/b10-7-,19-16-,28-25-,31-29-,33-32-,36-35-. The molecule has 0 heterocycles. The number of carbonyl (C=O) groups is 3. The van der Waals surface area contributed by atoms with Crippen LogP contribution in [-0.4, -0.2) is 37.2 Å². The molecule has 1 unspecified atom stereocenters. The predicted octanol–water partition coefficient (Wildman–Crippen LogP) is 24.8. The Bertz CT molecular complexity index is 1500. The molecule has 0 fully saturated rings. The highest BCUT2D eigenvalue weighted by Crippen LogP contribution is 2.18. The molecule has 0 aliphatic carbocycles. The molecule has 0 aliphatic rings. The molecule has 0 aromatic heterocycles. The Hall–Kier alpha value is -3.15. The topological polar surface area (TPSA) is 78.9 Å². The first kappa shape index (κ1) is 78.8. The molecular weight excluding hydrogens is 1010 g/mol. The van der Waals surface area contributed by atoms with Crippen LogP contribution in [-0.2, 0) is 28.6 Å². The Kier molecular flexibility index (Phi) is 67.6. The summed E-state index contributed by atoms with van der Waals surface area (Å²) in [5.41, 5.74) is 0. The van der Waals surface area contributed by atoms with Gasteiger partial charge in [0.1, 0.15) is 13.2 Å². The summed E-state index contributed by atoms with van der Waals surface area (Å²) in [7, 11) is 0. The van der Waals surface area contributed by atoms with Gasteiger partial charge in [0.25, 0.3) is 0 Å². The first-order valence-corrected chi connectivity index (χ1v) is 35.9. The van der Waals surface area contributed by atoms with Crippen molar-refractivity contribution in [2.75, 3.05) is 13.2 Å². The maximum absolute atomic E-state index is 12.9. The van der Waals surface area contributed by atoms with Crippen LogP contribution in [0.25, 0.3) is 0 Å². The second-order valence-electron chi connectivity index (χ2n) is 24.1. The monoisotopic (exact) mass is 1150 g/mol. The number of esters is 3. The Morgan fingerprint density at radius 2 is 0.476 bits per heavy atom. The molecule has 0 saturated carbocycles. The quantitative estimate of drug-likeness (QED) is 0.0261. The van der Waals surface area contributed by atoms with Gasteiger partial charge in [0.15, 0.2) is 6.10 Å². The largest absolute Gasteiger partial charge is 0.462 e. The minimum absolute atomic E-state index is 0.0711. The van der Waals surface area contributed by atoms with Crippen molar-refractivity contribution in [1.82, 2.24) is 0 Å². The van der Waals surface area contributed by atoms with Gasteiger partial charge < -0.3 is 14.2 Å². The molecular formula is C76H136O6. The second kappa shape index (κ2) is 70.3. The fourth-order valence-corrected chi connectivity index (χ4v) is 10.6. The lowest BCUT2D eigenvalue weighted by molar-refractivity contribution is -0.167. The molecule has 0 aromatic rings. The Labute approximate surface area is 510 Å². The van der Waals surface area contributed by atoms with Crippen LogP contribution in [0, 0.1) is 0 Å². The summed E-state index contributed by atoms with van der Waals surface area (Å²) >= 11 is 0. The molecule has 0 N–H and O–H groups in total. The third-order valence-corrected chi connectivity index (χ3v) is 15.9. The average molecular weight is 1150 g/mol. The minimum atomic E-state index is -0.776. The number of allylic oxidation sites excluding steroid dienone is 12. The third-order valence-electron chi connectivity index (χ3n) is 15.9. The van der Waals surface area contributed by atoms with E-state index in [1.54, 1.807) is 0 Å². The predicted molar refractivity (Wildman–Crippen MR) is 358 cm³/mol. The zero-order valence-corrected chi connectivity index (χ0v) is 54.8. The lowest BCUT2D eigenvalue weighted by Gasteiger charge is -2.18. The van der Waals surface area contributed by atoms with E-state index in [-0.39, 0.29) is 31.1 Å². The van der Waals surface area contributed by atoms with Gasteiger partial charge >= 0.3 is 17.9 Å². The van der Waals surface area contributed by atoms with Crippen LogP contribution >= 0.6 is 0 Å². The molecule has 0 bridgehead atoms. The summed E-state index contributed by atoms with van der Waals surface area (Å²) in [6.07, 6.45) is 92.1. The number of ether oxygens (including phenoxy) is 3. The van der Waals surface area contributed by atoms with Crippen LogP contribution in [0.3, 0.4) is 0 Å². The Morgan fingerprint density at radius 3 is 0.756 bits per heavy atom. The van der Waals surface area contributed by atoms with Crippen molar-refractivity contribution in [1.29, 1.82) is 0 Å². The first-order chi connectivity index (χ1) is 40.5. The fraction of sp³-hybridized carbons (Fsp3) is 0.803. The number of hydrogen-bond donors (Lipinski definition) is 0. The molecule has 6 nitrogen and oxygen atoms in total. The van der Waals surface area contributed by atoms with E-state index >= 15 is 0 Å². The summed E-state index contributed by atoms with van der Waals surface area (Å²) in [5.74, 6) is -0.851. The molecule has 0 spiro atoms. The molecule has 0 aromatic carbocycles. The van der Waals surface area contributed by atoms with Gasteiger partial charge in [-0.3, -0.25) is 14.4 Å². The molecule has 0 saturated heterocycles. The van der Waals surface area contributed by atoms with Crippen molar-refractivity contribution in [3.63, 3.8) is 0 Å². The molecule has 0 amide bonds. The Balaban J connectivity index is 4.22. The van der Waals surface area contributed by atoms with E-state index in [4.69, 9.17) is 14.2 Å². The van der Waals surface area contributed by atoms with Crippen molar-refractivity contribution < 1.29 is 28.6 Å². The van der Waals surface area contributed by atoms with E-state index in [9.17, 15) is 14.4 Å². The molecule has 0 rings (SSSR count). The molecule has 0 aliphatic heterocycles. The van der Waals surface area contributed by atoms with Crippen molar-refractivity contribution in [3.05, 3.63) is 72.9 Å². The third kappa shape index (κ3) is 67.6. The normalized spacial score (nSPS) is 12.5. The van der Waals surface area contributed by atoms with E-state index in [1.807, 2.05) is 0 Å². The SMILES string of the molecule is CC/C=C\C/C=C\C/C=C\C/C=C\C/C=C\CCCCCCCCCCCCCCCCCC(=O)OCC(COC(=O)CCCCCCCCCCCCCCCCC)OC(=O)CCCCCCCCC/C=C\CCCCCCCCC. The summed E-state index contributed by atoms with van der Waals surface area (Å²) in [6.45, 7) is 6.58. The van der Waals surface area contributed by atoms with Gasteiger partial charge in [-0.25, -0.2) is 0 Å². The second-order valence-corrected chi connectivity index (χ2v) is 24.1. The highest BCUT2D eigenvalue weighted by atomic mass is 16.6. The van der Waals surface area contributed by atoms with Crippen LogP contribution in [0.5, 0.6) is 0 Å². The highest BCUT2D eigenvalue weighted by Gasteiger charge is 2.19. The number of rotatable bonds is 66. The van der Waals surface area contributed by atoms with Crippen LogP contribution in [0.15, 0.2) is 72.9 Å². The highest BCUT2D eigenvalue weighted by molar-refractivity contribution is 5.71.